The van der Waals surface area contributed by atoms with Gasteiger partial charge in [0.1, 0.15) is 0 Å². The maximum absolute atomic E-state index is 2.30. The van der Waals surface area contributed by atoms with E-state index in [-0.39, 0.29) is 2.85 Å². The predicted octanol–water partition coefficient (Wildman–Crippen LogP) is 2.18. The number of hydrogen-bond donors (Lipinski definition) is 0. The summed E-state index contributed by atoms with van der Waals surface area (Å²) in [6.07, 6.45) is 2.23. The van der Waals surface area contributed by atoms with Gasteiger partial charge in [-0.15, -0.1) is 0 Å². The van der Waals surface area contributed by atoms with E-state index in [4.69, 9.17) is 0 Å². The van der Waals surface area contributed by atoms with Crippen LogP contribution in [0.2, 0.25) is 0 Å². The molecule has 0 amide bonds. The van der Waals surface area contributed by atoms with Gasteiger partial charge in [0.2, 0.25) is 0 Å². The molecule has 0 aliphatic carbocycles. The molecule has 0 aromatic heterocycles. The van der Waals surface area contributed by atoms with Gasteiger partial charge >= 0.3 is 66.8 Å². The fourth-order valence-electron chi connectivity index (χ4n) is 0.574. The van der Waals surface area contributed by atoms with Crippen LogP contribution >= 0.6 is 8.20 Å². The van der Waals surface area contributed by atoms with Crippen LogP contribution in [0.3, 0.4) is 0 Å². The van der Waals surface area contributed by atoms with Crippen molar-refractivity contribution in [2.75, 3.05) is 0 Å². The van der Waals surface area contributed by atoms with Crippen LogP contribution in [0.25, 0.3) is 0 Å². The molecule has 0 nitrogen and oxygen atoms in total. The van der Waals surface area contributed by atoms with Gasteiger partial charge in [0.15, 0.2) is 0 Å². The van der Waals surface area contributed by atoms with Gasteiger partial charge in [0.05, 0.1) is 0 Å². The second kappa shape index (κ2) is 2.19. The first-order valence-electron chi connectivity index (χ1n) is 2.64. The zero-order chi connectivity index (χ0) is 6.20. The first-order chi connectivity index (χ1) is 3.63. The van der Waals surface area contributed by atoms with E-state index >= 15 is 0 Å². The van der Waals surface area contributed by atoms with E-state index in [1.807, 2.05) is 24.4 Å². The summed E-state index contributed by atoms with van der Waals surface area (Å²) in [5.41, 5.74) is 1.53. The Morgan fingerprint density at radius 2 is 2.50 bits per heavy atom. The summed E-state index contributed by atoms with van der Waals surface area (Å²) >= 11 is 1.83. The van der Waals surface area contributed by atoms with Gasteiger partial charge in [-0.1, -0.05) is 0 Å². The summed E-state index contributed by atoms with van der Waals surface area (Å²) in [7, 11) is 1.47. The van der Waals surface area contributed by atoms with Gasteiger partial charge in [-0.05, 0) is 0 Å². The summed E-state index contributed by atoms with van der Waals surface area (Å²) in [6.45, 7) is 4.50. The van der Waals surface area contributed by atoms with E-state index in [9.17, 15) is 0 Å². The van der Waals surface area contributed by atoms with E-state index in [2.05, 4.69) is 25.7 Å². The molecule has 1 unspecified atom stereocenters. The minimum absolute atomic E-state index is 0. The predicted molar refractivity (Wildman–Crippen MR) is 37.4 cm³/mol. The Bertz CT molecular complexity index is 163. The summed E-state index contributed by atoms with van der Waals surface area (Å²) in [5.74, 6) is 2.23. The zero-order valence-electron chi connectivity index (χ0n) is 7.18. The molecule has 0 saturated heterocycles. The van der Waals surface area contributed by atoms with Gasteiger partial charge in [-0.2, -0.15) is 0 Å². The van der Waals surface area contributed by atoms with Crippen LogP contribution in [0, 0.1) is 0 Å². The molecule has 2 heteroatoms. The molecular weight excluding hydrogens is 148 g/mol. The Morgan fingerprint density at radius 3 is 2.62 bits per heavy atom. The molecule has 0 radical (unpaired) electrons. The monoisotopic (exact) mass is 158 g/mol. The van der Waals surface area contributed by atoms with Crippen LogP contribution in [0.5, 0.6) is 0 Å². The van der Waals surface area contributed by atoms with Crippen molar-refractivity contribution in [1.29, 1.82) is 0 Å². The normalized spacial score (nSPS) is 37.8. The number of hydrogen-bond acceptors (Lipinski definition) is 0. The third-order valence-electron chi connectivity index (χ3n) is 1.47. The van der Waals surface area contributed by atoms with E-state index in [1.165, 1.54) is 13.8 Å². The molecule has 0 N–H and O–H groups in total. The molecule has 0 aromatic rings. The minimum atomic E-state index is 0. The molecule has 1 heterocycles. The molecule has 1 atom stereocenters. The van der Waals surface area contributed by atoms with Crippen LogP contribution in [0.15, 0.2) is 11.6 Å². The Morgan fingerprint density at radius 1 is 1.88 bits per heavy atom. The first kappa shape index (κ1) is 6.89. The van der Waals surface area contributed by atoms with Gasteiger partial charge in [0, 0.05) is 0 Å². The molecule has 1 aliphatic rings. The first-order valence-corrected chi connectivity index (χ1v) is 4.51. The summed E-state index contributed by atoms with van der Waals surface area (Å²) in [5, 5.41) is 0. The Kier molecular flexibility index (Phi) is 1.89. The van der Waals surface area contributed by atoms with Crippen molar-refractivity contribution in [3.8, 4) is 0 Å². The fourth-order valence-corrected chi connectivity index (χ4v) is 2.01. The molecule has 0 aromatic carbocycles. The largest absolute Gasteiger partial charge is 1.00 e. The maximum Gasteiger partial charge on any atom is -1.00 e. The average molecular weight is 158 g/mol. The topological polar surface area (TPSA) is 0 Å². The molecule has 0 spiro atoms. The molecule has 0 fully saturated rings. The SMILES string of the molecule is CC1=CC=P[C]1(C)[Sc+2].[H-].[H-]. The summed E-state index contributed by atoms with van der Waals surface area (Å²) < 4.78 is 0.493. The van der Waals surface area contributed by atoms with Crippen molar-refractivity contribution in [2.45, 2.75) is 16.8 Å². The van der Waals surface area contributed by atoms with Gasteiger partial charge in [0.25, 0.3) is 0 Å². The van der Waals surface area contributed by atoms with Crippen molar-refractivity contribution in [2.24, 2.45) is 0 Å². The van der Waals surface area contributed by atoms with Gasteiger partial charge in [-0.3, -0.25) is 0 Å². The van der Waals surface area contributed by atoms with E-state index < -0.39 is 0 Å². The molecule has 0 saturated carbocycles. The smallest absolute Gasteiger partial charge is 1.00 e. The quantitative estimate of drug-likeness (QED) is 0.474. The molecule has 1 rings (SSSR count). The van der Waals surface area contributed by atoms with Gasteiger partial charge < -0.3 is 2.85 Å². The molecule has 42 valence electrons. The second-order valence-corrected chi connectivity index (χ2v) is 6.32. The Hall–Kier alpha value is 0.780. The van der Waals surface area contributed by atoms with Crippen LogP contribution in [0.4, 0.5) is 0 Å². The average Bonchev–Trinajstić information content (AvgIpc) is 1.86. The zero-order valence-corrected chi connectivity index (χ0v) is 7.88. The third-order valence-corrected chi connectivity index (χ3v) is 4.06. The third kappa shape index (κ3) is 1.19. The Labute approximate surface area is 69.7 Å². The van der Waals surface area contributed by atoms with Crippen molar-refractivity contribution >= 4 is 14.0 Å². The van der Waals surface area contributed by atoms with Crippen molar-refractivity contribution in [1.82, 2.24) is 0 Å². The van der Waals surface area contributed by atoms with E-state index in [1.54, 1.807) is 0 Å². The number of rotatable bonds is 0. The molecule has 0 bridgehead atoms. The molecular formula is C6H10PSc. The fraction of sp³-hybridized carbons (Fsp3) is 0.500. The van der Waals surface area contributed by atoms with Crippen LogP contribution in [-0.4, -0.2) is 8.71 Å². The minimum Gasteiger partial charge on any atom is -1.00 e. The summed E-state index contributed by atoms with van der Waals surface area (Å²) in [6, 6.07) is 0. The maximum atomic E-state index is 2.30. The number of allylic oxidation sites excluding steroid dienone is 2. The van der Waals surface area contributed by atoms with Crippen molar-refractivity contribution in [3.05, 3.63) is 11.6 Å². The van der Waals surface area contributed by atoms with E-state index in [0.29, 0.717) is 2.91 Å². The van der Waals surface area contributed by atoms with E-state index in [0.717, 1.165) is 0 Å². The molecule has 1 aliphatic heterocycles. The van der Waals surface area contributed by atoms with Crippen LogP contribution in [0.1, 0.15) is 16.7 Å². The van der Waals surface area contributed by atoms with Crippen molar-refractivity contribution in [3.63, 3.8) is 0 Å². The van der Waals surface area contributed by atoms with Crippen molar-refractivity contribution < 1.29 is 27.2 Å². The standard InChI is InChI=1S/C6H8P.Sc.2H/c1-5-3-4-7-6(5)2;;;/h3-4H,1-2H3;;;/q;+2;2*-1. The summed E-state index contributed by atoms with van der Waals surface area (Å²) in [4.78, 5) is 0. The second-order valence-electron chi connectivity index (χ2n) is 2.28. The molecule has 8 heavy (non-hydrogen) atoms. The van der Waals surface area contributed by atoms with Crippen LogP contribution < -0.4 is 0 Å². The Balaban J connectivity index is 0. The van der Waals surface area contributed by atoms with Crippen LogP contribution in [-0.2, 0) is 24.4 Å². The van der Waals surface area contributed by atoms with Gasteiger partial charge in [-0.25, -0.2) is 0 Å².